The highest BCUT2D eigenvalue weighted by molar-refractivity contribution is 6.18. The number of pyridine rings is 1. The normalized spacial score (nSPS) is 15.8. The third-order valence-electron chi connectivity index (χ3n) is 3.18. The van der Waals surface area contributed by atoms with Gasteiger partial charge in [0.25, 0.3) is 5.91 Å². The first-order valence-corrected chi connectivity index (χ1v) is 7.29. The molecule has 1 aromatic rings. The molecule has 0 aliphatic heterocycles. The van der Waals surface area contributed by atoms with Gasteiger partial charge in [0, 0.05) is 12.1 Å². The van der Waals surface area contributed by atoms with Crippen molar-refractivity contribution in [2.45, 2.75) is 25.4 Å². The van der Waals surface area contributed by atoms with Crippen molar-refractivity contribution in [1.29, 1.82) is 0 Å². The Morgan fingerprint density at radius 2 is 2.30 bits per heavy atom. The van der Waals surface area contributed by atoms with E-state index in [4.69, 9.17) is 26.8 Å². The van der Waals surface area contributed by atoms with E-state index in [1.54, 1.807) is 18.3 Å². The van der Waals surface area contributed by atoms with E-state index >= 15 is 0 Å². The van der Waals surface area contributed by atoms with Gasteiger partial charge in [0.2, 0.25) is 5.88 Å². The first-order valence-electron chi connectivity index (χ1n) is 6.76. The number of amides is 1. The molecule has 0 saturated heterocycles. The zero-order valence-electron chi connectivity index (χ0n) is 11.3. The fraction of sp³-hybridized carbons (Fsp3) is 0.571. The van der Waals surface area contributed by atoms with Crippen molar-refractivity contribution in [3.05, 3.63) is 23.9 Å². The summed E-state index contributed by atoms with van der Waals surface area (Å²) in [4.78, 5) is 15.2. The van der Waals surface area contributed by atoms with Crippen LogP contribution in [0.4, 0.5) is 0 Å². The summed E-state index contributed by atoms with van der Waals surface area (Å²) >= 11 is 5.86. The van der Waals surface area contributed by atoms with Crippen LogP contribution in [-0.4, -0.2) is 36.1 Å². The zero-order valence-corrected chi connectivity index (χ0v) is 12.0. The van der Waals surface area contributed by atoms with E-state index in [9.17, 15) is 4.79 Å². The average Bonchev–Trinajstić information content (AvgIpc) is 3.26. The number of aromatic nitrogens is 1. The summed E-state index contributed by atoms with van der Waals surface area (Å²) < 4.78 is 11.1. The SMILES string of the molecule is NC(=O)c1cccnc1OCCOC(CCl)CC1CC1. The highest BCUT2D eigenvalue weighted by Gasteiger charge is 2.25. The number of nitrogens with two attached hydrogens (primary N) is 1. The monoisotopic (exact) mass is 298 g/mol. The minimum atomic E-state index is -0.554. The second-order valence-corrected chi connectivity index (χ2v) is 5.20. The minimum absolute atomic E-state index is 0.0760. The predicted octanol–water partition coefficient (Wildman–Crippen LogP) is 1.98. The number of nitrogens with zero attached hydrogens (tertiary/aromatic N) is 1. The Hall–Kier alpha value is -1.33. The Balaban J connectivity index is 1.73. The Kier molecular flexibility index (Phi) is 5.61. The molecule has 0 radical (unpaired) electrons. The topological polar surface area (TPSA) is 74.4 Å². The lowest BCUT2D eigenvalue weighted by Crippen LogP contribution is -2.20. The van der Waals surface area contributed by atoms with Gasteiger partial charge in [-0.3, -0.25) is 4.79 Å². The van der Waals surface area contributed by atoms with Gasteiger partial charge in [0.05, 0.1) is 12.7 Å². The van der Waals surface area contributed by atoms with Crippen LogP contribution >= 0.6 is 11.6 Å². The van der Waals surface area contributed by atoms with Gasteiger partial charge in [-0.1, -0.05) is 12.8 Å². The van der Waals surface area contributed by atoms with Crippen molar-refractivity contribution in [3.8, 4) is 5.88 Å². The van der Waals surface area contributed by atoms with Gasteiger partial charge < -0.3 is 15.2 Å². The van der Waals surface area contributed by atoms with E-state index in [0.29, 0.717) is 19.1 Å². The molecule has 1 amide bonds. The summed E-state index contributed by atoms with van der Waals surface area (Å²) in [6, 6.07) is 3.23. The lowest BCUT2D eigenvalue weighted by molar-refractivity contribution is 0.0377. The number of ether oxygens (including phenoxy) is 2. The molecule has 2 N–H and O–H groups in total. The number of primary amides is 1. The van der Waals surface area contributed by atoms with Gasteiger partial charge in [-0.2, -0.15) is 0 Å². The second-order valence-electron chi connectivity index (χ2n) is 4.90. The highest BCUT2D eigenvalue weighted by Crippen LogP contribution is 2.34. The van der Waals surface area contributed by atoms with Crippen LogP contribution in [-0.2, 0) is 4.74 Å². The highest BCUT2D eigenvalue weighted by atomic mass is 35.5. The molecule has 0 bridgehead atoms. The Morgan fingerprint density at radius 1 is 1.50 bits per heavy atom. The van der Waals surface area contributed by atoms with Gasteiger partial charge in [0.1, 0.15) is 12.2 Å². The van der Waals surface area contributed by atoms with E-state index in [1.165, 1.54) is 12.8 Å². The van der Waals surface area contributed by atoms with Crippen molar-refractivity contribution >= 4 is 17.5 Å². The van der Waals surface area contributed by atoms with Crippen molar-refractivity contribution in [3.63, 3.8) is 0 Å². The maximum atomic E-state index is 11.2. The molecule has 1 atom stereocenters. The van der Waals surface area contributed by atoms with Crippen molar-refractivity contribution < 1.29 is 14.3 Å². The largest absolute Gasteiger partial charge is 0.475 e. The molecule has 2 rings (SSSR count). The number of hydrogen-bond donors (Lipinski definition) is 1. The maximum Gasteiger partial charge on any atom is 0.254 e. The fourth-order valence-corrected chi connectivity index (χ4v) is 2.16. The Bertz CT molecular complexity index is 452. The summed E-state index contributed by atoms with van der Waals surface area (Å²) in [7, 11) is 0. The van der Waals surface area contributed by atoms with Gasteiger partial charge in [-0.25, -0.2) is 4.98 Å². The molecule has 110 valence electrons. The van der Waals surface area contributed by atoms with Crippen LogP contribution in [0, 0.1) is 5.92 Å². The number of carbonyl (C=O) groups is 1. The van der Waals surface area contributed by atoms with E-state index in [0.717, 1.165) is 12.3 Å². The molecule has 5 nitrogen and oxygen atoms in total. The van der Waals surface area contributed by atoms with Crippen LogP contribution in [0.15, 0.2) is 18.3 Å². The third-order valence-corrected chi connectivity index (χ3v) is 3.52. The van der Waals surface area contributed by atoms with Gasteiger partial charge in [-0.05, 0) is 24.5 Å². The van der Waals surface area contributed by atoms with Crippen LogP contribution in [0.2, 0.25) is 0 Å². The van der Waals surface area contributed by atoms with E-state index in [2.05, 4.69) is 4.98 Å². The molecular formula is C14H19ClN2O3. The molecule has 1 unspecified atom stereocenters. The number of rotatable bonds is 9. The molecular weight excluding hydrogens is 280 g/mol. The summed E-state index contributed by atoms with van der Waals surface area (Å²) in [5, 5.41) is 0. The molecule has 1 saturated carbocycles. The van der Waals surface area contributed by atoms with Gasteiger partial charge in [-0.15, -0.1) is 11.6 Å². The van der Waals surface area contributed by atoms with Crippen LogP contribution in [0.3, 0.4) is 0 Å². The van der Waals surface area contributed by atoms with Crippen molar-refractivity contribution in [2.75, 3.05) is 19.1 Å². The molecule has 1 fully saturated rings. The van der Waals surface area contributed by atoms with E-state index in [-0.39, 0.29) is 17.5 Å². The predicted molar refractivity (Wildman–Crippen MR) is 76.1 cm³/mol. The van der Waals surface area contributed by atoms with Crippen molar-refractivity contribution in [2.24, 2.45) is 11.7 Å². The fourth-order valence-electron chi connectivity index (χ4n) is 1.95. The third kappa shape index (κ3) is 4.65. The molecule has 1 aliphatic rings. The molecule has 1 heterocycles. The number of halogens is 1. The molecule has 0 aromatic carbocycles. The van der Waals surface area contributed by atoms with Crippen LogP contribution in [0.5, 0.6) is 5.88 Å². The molecule has 1 aliphatic carbocycles. The Labute approximate surface area is 123 Å². The standard InChI is InChI=1S/C14H19ClN2O3/c15-9-11(8-10-3-4-10)19-6-7-20-14-12(13(16)18)2-1-5-17-14/h1-2,5,10-11H,3-4,6-9H2,(H2,16,18). The lowest BCUT2D eigenvalue weighted by atomic mass is 10.2. The van der Waals surface area contributed by atoms with Gasteiger partial charge in [0.15, 0.2) is 0 Å². The molecule has 20 heavy (non-hydrogen) atoms. The number of alkyl halides is 1. The minimum Gasteiger partial charge on any atom is -0.475 e. The average molecular weight is 299 g/mol. The van der Waals surface area contributed by atoms with E-state index < -0.39 is 5.91 Å². The van der Waals surface area contributed by atoms with Crippen LogP contribution in [0.25, 0.3) is 0 Å². The smallest absolute Gasteiger partial charge is 0.254 e. The lowest BCUT2D eigenvalue weighted by Gasteiger charge is -2.15. The number of carbonyl (C=O) groups excluding carboxylic acids is 1. The summed E-state index contributed by atoms with van der Waals surface area (Å²) in [6.07, 6.45) is 5.20. The zero-order chi connectivity index (χ0) is 14.4. The van der Waals surface area contributed by atoms with Crippen LogP contribution < -0.4 is 10.5 Å². The van der Waals surface area contributed by atoms with E-state index in [1.807, 2.05) is 0 Å². The first kappa shape index (κ1) is 15.1. The quantitative estimate of drug-likeness (QED) is 0.559. The van der Waals surface area contributed by atoms with Gasteiger partial charge >= 0.3 is 0 Å². The second kappa shape index (κ2) is 7.45. The van der Waals surface area contributed by atoms with Crippen LogP contribution in [0.1, 0.15) is 29.6 Å². The summed E-state index contributed by atoms with van der Waals surface area (Å²) in [6.45, 7) is 0.730. The molecule has 6 heteroatoms. The summed E-state index contributed by atoms with van der Waals surface area (Å²) in [5.74, 6) is 0.957. The first-order chi connectivity index (χ1) is 9.70. The number of hydrogen-bond acceptors (Lipinski definition) is 4. The molecule has 1 aromatic heterocycles. The Morgan fingerprint density at radius 3 is 2.95 bits per heavy atom. The van der Waals surface area contributed by atoms with Crippen molar-refractivity contribution in [1.82, 2.24) is 4.98 Å². The molecule has 0 spiro atoms. The maximum absolute atomic E-state index is 11.2. The summed E-state index contributed by atoms with van der Waals surface area (Å²) in [5.41, 5.74) is 5.52.